The molecule has 1 atom stereocenters. The third kappa shape index (κ3) is 5.82. The second-order valence-corrected chi connectivity index (χ2v) is 9.77. The molecule has 0 aromatic heterocycles. The Labute approximate surface area is 222 Å². The Bertz CT molecular complexity index is 1200. The Morgan fingerprint density at radius 3 is 2.76 bits per heavy atom. The lowest BCUT2D eigenvalue weighted by molar-refractivity contribution is -0.136. The van der Waals surface area contributed by atoms with Gasteiger partial charge in [0.05, 0.1) is 26.4 Å². The highest BCUT2D eigenvalue weighted by molar-refractivity contribution is 6.05. The van der Waals surface area contributed by atoms with Gasteiger partial charge in [-0.2, -0.15) is 0 Å². The number of fused-ring (bicyclic) bond motifs is 1. The average molecular weight is 523 g/mol. The van der Waals surface area contributed by atoms with Gasteiger partial charge in [0.15, 0.2) is 0 Å². The first-order chi connectivity index (χ1) is 18.5. The van der Waals surface area contributed by atoms with Crippen molar-refractivity contribution < 1.29 is 28.6 Å². The molecule has 1 unspecified atom stereocenters. The van der Waals surface area contributed by atoms with Crippen LogP contribution in [0.2, 0.25) is 0 Å². The van der Waals surface area contributed by atoms with Crippen molar-refractivity contribution in [2.24, 2.45) is 0 Å². The molecule has 3 heterocycles. The van der Waals surface area contributed by atoms with Crippen LogP contribution >= 0.6 is 0 Å². The number of amides is 3. The lowest BCUT2D eigenvalue weighted by Crippen LogP contribution is -2.52. The standard InChI is InChI=1S/C28H34N4O6/c1-36-12-9-29-23-15-19(16-31-10-13-37-14-11-31)5-6-20(23)18-38-25-4-2-3-21-22(25)17-32(28(21)35)24-7-8-26(33)30-27(24)34/h2-6,15,24,29H,7-14,16-18H2,1H3,(H,30,33,34). The number of carbonyl (C=O) groups is 3. The Kier molecular flexibility index (Phi) is 8.21. The predicted octanol–water partition coefficient (Wildman–Crippen LogP) is 1.92. The summed E-state index contributed by atoms with van der Waals surface area (Å²) in [6.45, 7) is 6.05. The van der Waals surface area contributed by atoms with Gasteiger partial charge in [0.2, 0.25) is 11.8 Å². The molecule has 0 aliphatic carbocycles. The molecule has 2 fully saturated rings. The van der Waals surface area contributed by atoms with Gasteiger partial charge in [-0.25, -0.2) is 0 Å². The smallest absolute Gasteiger partial charge is 0.255 e. The van der Waals surface area contributed by atoms with Crippen LogP contribution < -0.4 is 15.4 Å². The highest BCUT2D eigenvalue weighted by Gasteiger charge is 2.40. The van der Waals surface area contributed by atoms with Crippen LogP contribution in [-0.4, -0.2) is 80.1 Å². The van der Waals surface area contributed by atoms with E-state index in [1.807, 2.05) is 6.07 Å². The molecule has 3 aliphatic heterocycles. The maximum absolute atomic E-state index is 13.1. The topological polar surface area (TPSA) is 109 Å². The van der Waals surface area contributed by atoms with Gasteiger partial charge < -0.3 is 24.4 Å². The van der Waals surface area contributed by atoms with Gasteiger partial charge in [-0.15, -0.1) is 0 Å². The monoisotopic (exact) mass is 522 g/mol. The van der Waals surface area contributed by atoms with Gasteiger partial charge in [-0.05, 0) is 30.2 Å². The van der Waals surface area contributed by atoms with Crippen LogP contribution in [0.25, 0.3) is 0 Å². The molecule has 3 amide bonds. The average Bonchev–Trinajstić information content (AvgIpc) is 3.25. The molecule has 0 spiro atoms. The van der Waals surface area contributed by atoms with Crippen molar-refractivity contribution in [1.82, 2.24) is 15.1 Å². The van der Waals surface area contributed by atoms with Crippen molar-refractivity contribution in [3.05, 3.63) is 58.7 Å². The fourth-order valence-electron chi connectivity index (χ4n) is 5.17. The summed E-state index contributed by atoms with van der Waals surface area (Å²) in [6, 6.07) is 11.1. The number of piperidine rings is 1. The SMILES string of the molecule is COCCNc1cc(CN2CCOCC2)ccc1COc1cccc2c1CN(C1CCC(=O)NC1=O)C2=O. The first-order valence-corrected chi connectivity index (χ1v) is 13.1. The number of hydrogen-bond acceptors (Lipinski definition) is 8. The summed E-state index contributed by atoms with van der Waals surface area (Å²) >= 11 is 0. The molecule has 202 valence electrons. The summed E-state index contributed by atoms with van der Waals surface area (Å²) in [5.41, 5.74) is 4.49. The molecule has 2 N–H and O–H groups in total. The molecular weight excluding hydrogens is 488 g/mol. The van der Waals surface area contributed by atoms with E-state index in [2.05, 4.69) is 33.7 Å². The Morgan fingerprint density at radius 2 is 1.97 bits per heavy atom. The molecule has 0 bridgehead atoms. The van der Waals surface area contributed by atoms with E-state index in [0.717, 1.165) is 49.7 Å². The summed E-state index contributed by atoms with van der Waals surface area (Å²) in [7, 11) is 1.68. The molecule has 10 heteroatoms. The number of hydrogen-bond donors (Lipinski definition) is 2. The number of morpholine rings is 1. The summed E-state index contributed by atoms with van der Waals surface area (Å²) < 4.78 is 17.0. The van der Waals surface area contributed by atoms with E-state index in [9.17, 15) is 14.4 Å². The van der Waals surface area contributed by atoms with E-state index in [1.54, 1.807) is 19.2 Å². The molecule has 2 saturated heterocycles. The van der Waals surface area contributed by atoms with Crippen LogP contribution in [-0.2, 0) is 38.8 Å². The molecule has 0 saturated carbocycles. The summed E-state index contributed by atoms with van der Waals surface area (Å²) in [5, 5.41) is 5.81. The minimum Gasteiger partial charge on any atom is -0.488 e. The number of methoxy groups -OCH3 is 1. The van der Waals surface area contributed by atoms with E-state index in [1.165, 1.54) is 10.5 Å². The van der Waals surface area contributed by atoms with Gasteiger partial charge in [0.25, 0.3) is 5.91 Å². The third-order valence-corrected chi connectivity index (χ3v) is 7.23. The Hall–Kier alpha value is -3.47. The molecule has 0 radical (unpaired) electrons. The number of imide groups is 1. The number of ether oxygens (including phenoxy) is 3. The number of nitrogens with zero attached hydrogens (tertiary/aromatic N) is 2. The van der Waals surface area contributed by atoms with Crippen molar-refractivity contribution in [2.75, 3.05) is 51.9 Å². The lowest BCUT2D eigenvalue weighted by Gasteiger charge is -2.29. The molecular formula is C28H34N4O6. The van der Waals surface area contributed by atoms with Crippen LogP contribution in [0.15, 0.2) is 36.4 Å². The Morgan fingerprint density at radius 1 is 1.13 bits per heavy atom. The lowest BCUT2D eigenvalue weighted by atomic mass is 10.0. The van der Waals surface area contributed by atoms with Crippen molar-refractivity contribution >= 4 is 23.4 Å². The number of anilines is 1. The van der Waals surface area contributed by atoms with Gasteiger partial charge in [0.1, 0.15) is 18.4 Å². The zero-order chi connectivity index (χ0) is 26.5. The molecule has 2 aromatic carbocycles. The van der Waals surface area contributed by atoms with Gasteiger partial charge >= 0.3 is 0 Å². The normalized spacial score (nSPS) is 19.9. The number of nitrogens with one attached hydrogen (secondary N) is 2. The minimum atomic E-state index is -0.656. The minimum absolute atomic E-state index is 0.214. The first-order valence-electron chi connectivity index (χ1n) is 13.1. The maximum atomic E-state index is 13.1. The zero-order valence-electron chi connectivity index (χ0n) is 21.7. The van der Waals surface area contributed by atoms with Crippen LogP contribution in [0, 0.1) is 0 Å². The predicted molar refractivity (Wildman–Crippen MR) is 140 cm³/mol. The second-order valence-electron chi connectivity index (χ2n) is 9.77. The second kappa shape index (κ2) is 11.9. The van der Waals surface area contributed by atoms with Crippen LogP contribution in [0.3, 0.4) is 0 Å². The summed E-state index contributed by atoms with van der Waals surface area (Å²) in [6.07, 6.45) is 0.550. The van der Waals surface area contributed by atoms with E-state index < -0.39 is 11.9 Å². The van der Waals surface area contributed by atoms with Crippen molar-refractivity contribution in [2.45, 2.75) is 38.6 Å². The van der Waals surface area contributed by atoms with Crippen molar-refractivity contribution in [1.29, 1.82) is 0 Å². The molecule has 10 nitrogen and oxygen atoms in total. The van der Waals surface area contributed by atoms with Crippen LogP contribution in [0.5, 0.6) is 5.75 Å². The number of carbonyl (C=O) groups excluding carboxylic acids is 3. The molecule has 3 aliphatic rings. The van der Waals surface area contributed by atoms with E-state index in [-0.39, 0.29) is 24.8 Å². The van der Waals surface area contributed by atoms with Gasteiger partial charge in [-0.3, -0.25) is 24.6 Å². The molecule has 5 rings (SSSR count). The van der Waals surface area contributed by atoms with Crippen molar-refractivity contribution in [3.63, 3.8) is 0 Å². The van der Waals surface area contributed by atoms with E-state index in [0.29, 0.717) is 37.5 Å². The zero-order valence-corrected chi connectivity index (χ0v) is 21.7. The maximum Gasteiger partial charge on any atom is 0.255 e. The van der Waals surface area contributed by atoms with Gasteiger partial charge in [0, 0.05) is 62.1 Å². The summed E-state index contributed by atoms with van der Waals surface area (Å²) in [5.74, 6) is -0.320. The molecule has 38 heavy (non-hydrogen) atoms. The van der Waals surface area contributed by atoms with E-state index >= 15 is 0 Å². The Balaban J connectivity index is 1.30. The van der Waals surface area contributed by atoms with Crippen LogP contribution in [0.4, 0.5) is 5.69 Å². The van der Waals surface area contributed by atoms with Crippen molar-refractivity contribution in [3.8, 4) is 5.75 Å². The fraction of sp³-hybridized carbons (Fsp3) is 0.464. The first kappa shape index (κ1) is 26.1. The third-order valence-electron chi connectivity index (χ3n) is 7.23. The fourth-order valence-corrected chi connectivity index (χ4v) is 5.17. The highest BCUT2D eigenvalue weighted by atomic mass is 16.5. The number of rotatable bonds is 10. The largest absolute Gasteiger partial charge is 0.488 e. The van der Waals surface area contributed by atoms with Crippen LogP contribution in [0.1, 0.15) is 39.9 Å². The summed E-state index contributed by atoms with van der Waals surface area (Å²) in [4.78, 5) is 41.0. The highest BCUT2D eigenvalue weighted by Crippen LogP contribution is 2.34. The van der Waals surface area contributed by atoms with Gasteiger partial charge in [-0.1, -0.05) is 18.2 Å². The van der Waals surface area contributed by atoms with E-state index in [4.69, 9.17) is 14.2 Å². The number of benzene rings is 2. The molecule has 2 aromatic rings. The quantitative estimate of drug-likeness (QED) is 0.360.